The first kappa shape index (κ1) is 17.1. The Kier molecular flexibility index (Phi) is 4.74. The molecule has 27 heavy (non-hydrogen) atoms. The van der Waals surface area contributed by atoms with Crippen molar-refractivity contribution in [1.29, 1.82) is 0 Å². The smallest absolute Gasteiger partial charge is 0.289 e. The van der Waals surface area contributed by atoms with Crippen LogP contribution in [0.1, 0.15) is 10.6 Å². The van der Waals surface area contributed by atoms with E-state index in [-0.39, 0.29) is 18.4 Å². The van der Waals surface area contributed by atoms with E-state index >= 15 is 0 Å². The van der Waals surface area contributed by atoms with Gasteiger partial charge in [0.15, 0.2) is 5.76 Å². The lowest BCUT2D eigenvalue weighted by Gasteiger charge is -2.34. The van der Waals surface area contributed by atoms with E-state index in [0.29, 0.717) is 31.9 Å². The van der Waals surface area contributed by atoms with Gasteiger partial charge in [0.05, 0.1) is 24.0 Å². The van der Waals surface area contributed by atoms with E-state index in [1.165, 1.54) is 6.26 Å². The van der Waals surface area contributed by atoms with E-state index < -0.39 is 0 Å². The second kappa shape index (κ2) is 7.49. The highest BCUT2D eigenvalue weighted by molar-refractivity contribution is 5.93. The van der Waals surface area contributed by atoms with Crippen molar-refractivity contribution >= 4 is 28.4 Å². The second-order valence-electron chi connectivity index (χ2n) is 6.38. The summed E-state index contributed by atoms with van der Waals surface area (Å²) in [5.41, 5.74) is 1.69. The van der Waals surface area contributed by atoms with Crippen molar-refractivity contribution in [2.75, 3.05) is 38.0 Å². The summed E-state index contributed by atoms with van der Waals surface area (Å²) in [7, 11) is 0. The van der Waals surface area contributed by atoms with Crippen molar-refractivity contribution in [3.63, 3.8) is 0 Å². The molecule has 2 amide bonds. The van der Waals surface area contributed by atoms with Gasteiger partial charge in [-0.05, 0) is 24.3 Å². The molecule has 0 atom stereocenters. The number of benzene rings is 1. The van der Waals surface area contributed by atoms with Crippen LogP contribution in [0, 0.1) is 0 Å². The lowest BCUT2D eigenvalue weighted by molar-refractivity contribution is -0.130. The number of nitrogens with zero attached hydrogens (tertiary/aromatic N) is 3. The normalized spacial score (nSPS) is 14.4. The van der Waals surface area contributed by atoms with E-state index in [0.717, 1.165) is 16.6 Å². The standard InChI is InChI=1S/C20H20N4O3/c25-18(14-22-16-6-1-4-15-5-2-8-21-19(15)16)23-9-11-24(12-10-23)20(26)17-7-3-13-27-17/h1-8,13,22H,9-12,14H2. The number of para-hydroxylation sites is 1. The third-order valence-corrected chi connectivity index (χ3v) is 4.71. The van der Waals surface area contributed by atoms with Gasteiger partial charge in [-0.15, -0.1) is 0 Å². The van der Waals surface area contributed by atoms with Gasteiger partial charge in [0.25, 0.3) is 5.91 Å². The number of nitrogens with one attached hydrogen (secondary N) is 1. The summed E-state index contributed by atoms with van der Waals surface area (Å²) in [6, 6.07) is 13.1. The first-order chi connectivity index (χ1) is 13.2. The molecule has 1 fully saturated rings. The molecule has 3 aromatic rings. The largest absolute Gasteiger partial charge is 0.459 e. The maximum atomic E-state index is 12.5. The predicted molar refractivity (Wildman–Crippen MR) is 101 cm³/mol. The fourth-order valence-electron chi connectivity index (χ4n) is 3.24. The number of fused-ring (bicyclic) bond motifs is 1. The van der Waals surface area contributed by atoms with Crippen molar-refractivity contribution in [3.8, 4) is 0 Å². The minimum absolute atomic E-state index is 0.00744. The van der Waals surface area contributed by atoms with Gasteiger partial charge in [0.1, 0.15) is 0 Å². The average molecular weight is 364 g/mol. The Morgan fingerprint density at radius 2 is 1.78 bits per heavy atom. The highest BCUT2D eigenvalue weighted by Crippen LogP contribution is 2.20. The Hall–Kier alpha value is -3.35. The van der Waals surface area contributed by atoms with Crippen LogP contribution in [0.15, 0.2) is 59.3 Å². The summed E-state index contributed by atoms with van der Waals surface area (Å²) in [6.07, 6.45) is 3.23. The summed E-state index contributed by atoms with van der Waals surface area (Å²) in [6.45, 7) is 2.23. The molecule has 1 saturated heterocycles. The van der Waals surface area contributed by atoms with Crippen LogP contribution < -0.4 is 5.32 Å². The summed E-state index contributed by atoms with van der Waals surface area (Å²) < 4.78 is 5.16. The minimum atomic E-state index is -0.132. The molecule has 7 nitrogen and oxygen atoms in total. The van der Waals surface area contributed by atoms with Crippen LogP contribution in [0.2, 0.25) is 0 Å². The Morgan fingerprint density at radius 3 is 2.56 bits per heavy atom. The van der Waals surface area contributed by atoms with Crippen LogP contribution >= 0.6 is 0 Å². The molecular weight excluding hydrogens is 344 g/mol. The zero-order valence-electron chi connectivity index (χ0n) is 14.8. The van der Waals surface area contributed by atoms with Gasteiger partial charge in [-0.3, -0.25) is 14.6 Å². The fourth-order valence-corrected chi connectivity index (χ4v) is 3.24. The molecule has 4 rings (SSSR count). The number of carbonyl (C=O) groups excluding carboxylic acids is 2. The second-order valence-corrected chi connectivity index (χ2v) is 6.38. The maximum absolute atomic E-state index is 12.5. The van der Waals surface area contributed by atoms with Crippen molar-refractivity contribution in [2.24, 2.45) is 0 Å². The number of hydrogen-bond acceptors (Lipinski definition) is 5. The first-order valence-electron chi connectivity index (χ1n) is 8.90. The first-order valence-corrected chi connectivity index (χ1v) is 8.90. The number of rotatable bonds is 4. The van der Waals surface area contributed by atoms with Crippen LogP contribution in [0.4, 0.5) is 5.69 Å². The highest BCUT2D eigenvalue weighted by Gasteiger charge is 2.25. The molecule has 7 heteroatoms. The predicted octanol–water partition coefficient (Wildman–Crippen LogP) is 2.22. The van der Waals surface area contributed by atoms with Gasteiger partial charge in [-0.1, -0.05) is 18.2 Å². The summed E-state index contributed by atoms with van der Waals surface area (Å²) in [5, 5.41) is 4.22. The number of carbonyl (C=O) groups is 2. The van der Waals surface area contributed by atoms with Gasteiger partial charge in [-0.25, -0.2) is 0 Å². The molecule has 3 heterocycles. The highest BCUT2D eigenvalue weighted by atomic mass is 16.3. The van der Waals surface area contributed by atoms with E-state index in [2.05, 4.69) is 10.3 Å². The molecule has 1 aromatic carbocycles. The zero-order valence-corrected chi connectivity index (χ0v) is 14.8. The van der Waals surface area contributed by atoms with Crippen LogP contribution in [0.5, 0.6) is 0 Å². The Balaban J connectivity index is 1.33. The Labute approximate surface area is 156 Å². The monoisotopic (exact) mass is 364 g/mol. The molecule has 1 aliphatic rings. The molecular formula is C20H20N4O3. The van der Waals surface area contributed by atoms with Gasteiger partial charge < -0.3 is 19.5 Å². The van der Waals surface area contributed by atoms with E-state index in [4.69, 9.17) is 4.42 Å². The topological polar surface area (TPSA) is 78.7 Å². The van der Waals surface area contributed by atoms with E-state index in [1.807, 2.05) is 30.3 Å². The molecule has 138 valence electrons. The number of pyridine rings is 1. The molecule has 0 unspecified atom stereocenters. The van der Waals surface area contributed by atoms with Gasteiger partial charge >= 0.3 is 0 Å². The van der Waals surface area contributed by atoms with Gasteiger partial charge in [0, 0.05) is 37.8 Å². The summed E-state index contributed by atoms with van der Waals surface area (Å²) in [4.78, 5) is 32.7. The summed E-state index contributed by atoms with van der Waals surface area (Å²) >= 11 is 0. The molecule has 2 aromatic heterocycles. The van der Waals surface area contributed by atoms with E-state index in [9.17, 15) is 9.59 Å². The summed E-state index contributed by atoms with van der Waals surface area (Å²) in [5.74, 6) is 0.208. The Bertz CT molecular complexity index is 942. The molecule has 1 N–H and O–H groups in total. The third kappa shape index (κ3) is 3.62. The molecule has 0 bridgehead atoms. The zero-order chi connectivity index (χ0) is 18.6. The number of anilines is 1. The molecule has 0 saturated carbocycles. The SMILES string of the molecule is O=C(CNc1cccc2cccnc12)N1CCN(C(=O)c2ccco2)CC1. The van der Waals surface area contributed by atoms with Crippen LogP contribution in [-0.2, 0) is 4.79 Å². The number of furan rings is 1. The average Bonchev–Trinajstić information content (AvgIpc) is 3.26. The number of hydrogen-bond donors (Lipinski definition) is 1. The molecule has 0 aliphatic carbocycles. The fraction of sp³-hybridized carbons (Fsp3) is 0.250. The maximum Gasteiger partial charge on any atom is 0.289 e. The number of aromatic nitrogens is 1. The molecule has 0 radical (unpaired) electrons. The number of piperazine rings is 1. The van der Waals surface area contributed by atoms with Crippen LogP contribution in [0.25, 0.3) is 10.9 Å². The molecule has 1 aliphatic heterocycles. The van der Waals surface area contributed by atoms with Crippen molar-refractivity contribution in [1.82, 2.24) is 14.8 Å². The van der Waals surface area contributed by atoms with Gasteiger partial charge in [0.2, 0.25) is 5.91 Å². The lowest BCUT2D eigenvalue weighted by Crippen LogP contribution is -2.51. The van der Waals surface area contributed by atoms with Crippen molar-refractivity contribution in [3.05, 3.63) is 60.7 Å². The number of amides is 2. The van der Waals surface area contributed by atoms with Crippen molar-refractivity contribution < 1.29 is 14.0 Å². The quantitative estimate of drug-likeness (QED) is 0.768. The molecule has 0 spiro atoms. The van der Waals surface area contributed by atoms with Crippen LogP contribution in [-0.4, -0.2) is 59.3 Å². The lowest BCUT2D eigenvalue weighted by atomic mass is 10.2. The van der Waals surface area contributed by atoms with Gasteiger partial charge in [-0.2, -0.15) is 0 Å². The Morgan fingerprint density at radius 1 is 1.00 bits per heavy atom. The third-order valence-electron chi connectivity index (χ3n) is 4.71. The van der Waals surface area contributed by atoms with Crippen LogP contribution in [0.3, 0.4) is 0 Å². The minimum Gasteiger partial charge on any atom is -0.459 e. The van der Waals surface area contributed by atoms with Crippen molar-refractivity contribution in [2.45, 2.75) is 0 Å². The van der Waals surface area contributed by atoms with E-state index in [1.54, 1.807) is 28.1 Å².